The molecule has 0 radical (unpaired) electrons. The molecule has 0 aromatic carbocycles. The predicted octanol–water partition coefficient (Wildman–Crippen LogP) is 0.524. The number of anilines is 1. The summed E-state index contributed by atoms with van der Waals surface area (Å²) in [6.07, 6.45) is 5.68. The lowest BCUT2D eigenvalue weighted by atomic mass is 10.1. The Kier molecular flexibility index (Phi) is 1.99. The van der Waals surface area contributed by atoms with E-state index < -0.39 is 0 Å². The van der Waals surface area contributed by atoms with Gasteiger partial charge in [-0.3, -0.25) is 9.69 Å². The normalized spacial score (nSPS) is 21.9. The fourth-order valence-corrected chi connectivity index (χ4v) is 1.88. The SMILES string of the molecule is C#CC1CC(=O)N(c2nncs2)C1. The lowest BCUT2D eigenvalue weighted by Crippen LogP contribution is -2.24. The molecule has 5 heteroatoms. The zero-order chi connectivity index (χ0) is 9.26. The van der Waals surface area contributed by atoms with Gasteiger partial charge in [0, 0.05) is 18.9 Å². The molecule has 1 aromatic rings. The summed E-state index contributed by atoms with van der Waals surface area (Å²) < 4.78 is 0. The third-order valence-electron chi connectivity index (χ3n) is 1.94. The number of hydrogen-bond acceptors (Lipinski definition) is 4. The van der Waals surface area contributed by atoms with Gasteiger partial charge in [0.05, 0.1) is 0 Å². The van der Waals surface area contributed by atoms with Crippen molar-refractivity contribution in [3.8, 4) is 12.3 Å². The number of rotatable bonds is 1. The van der Waals surface area contributed by atoms with E-state index in [1.165, 1.54) is 11.3 Å². The molecule has 0 saturated carbocycles. The largest absolute Gasteiger partial charge is 0.285 e. The summed E-state index contributed by atoms with van der Waals surface area (Å²) in [5.41, 5.74) is 1.60. The molecule has 2 heterocycles. The highest BCUT2D eigenvalue weighted by Crippen LogP contribution is 2.25. The highest BCUT2D eigenvalue weighted by molar-refractivity contribution is 7.13. The molecule has 1 unspecified atom stereocenters. The molecule has 66 valence electrons. The van der Waals surface area contributed by atoms with Crippen molar-refractivity contribution < 1.29 is 4.79 Å². The second-order valence-corrected chi connectivity index (χ2v) is 3.61. The van der Waals surface area contributed by atoms with Crippen LogP contribution in [-0.4, -0.2) is 22.6 Å². The third kappa shape index (κ3) is 1.40. The van der Waals surface area contributed by atoms with Gasteiger partial charge >= 0.3 is 0 Å². The first-order valence-corrected chi connectivity index (χ1v) is 4.72. The van der Waals surface area contributed by atoms with E-state index in [9.17, 15) is 4.79 Å². The molecule has 1 fully saturated rings. The topological polar surface area (TPSA) is 46.1 Å². The van der Waals surface area contributed by atoms with Crippen molar-refractivity contribution in [3.63, 3.8) is 0 Å². The van der Waals surface area contributed by atoms with E-state index in [-0.39, 0.29) is 11.8 Å². The van der Waals surface area contributed by atoms with E-state index in [1.54, 1.807) is 10.4 Å². The molecule has 1 aliphatic rings. The highest BCUT2D eigenvalue weighted by atomic mass is 32.1. The van der Waals surface area contributed by atoms with E-state index in [2.05, 4.69) is 16.1 Å². The Bertz CT molecular complexity index is 354. The van der Waals surface area contributed by atoms with E-state index in [0.717, 1.165) is 0 Å². The Morgan fingerprint density at radius 2 is 2.62 bits per heavy atom. The van der Waals surface area contributed by atoms with Crippen molar-refractivity contribution in [1.29, 1.82) is 0 Å². The van der Waals surface area contributed by atoms with Crippen LogP contribution in [0, 0.1) is 18.3 Å². The third-order valence-corrected chi connectivity index (χ3v) is 2.65. The van der Waals surface area contributed by atoms with Crippen LogP contribution in [0.5, 0.6) is 0 Å². The number of carbonyl (C=O) groups excluding carboxylic acids is 1. The first kappa shape index (κ1) is 8.20. The van der Waals surface area contributed by atoms with Crippen molar-refractivity contribution in [2.75, 3.05) is 11.4 Å². The minimum Gasteiger partial charge on any atom is -0.285 e. The van der Waals surface area contributed by atoms with Crippen LogP contribution >= 0.6 is 11.3 Å². The van der Waals surface area contributed by atoms with Gasteiger partial charge in [0.25, 0.3) is 0 Å². The zero-order valence-corrected chi connectivity index (χ0v) is 7.62. The van der Waals surface area contributed by atoms with Gasteiger partial charge in [0.15, 0.2) is 0 Å². The summed E-state index contributed by atoms with van der Waals surface area (Å²) in [5, 5.41) is 8.14. The fraction of sp³-hybridized carbons (Fsp3) is 0.375. The number of aromatic nitrogens is 2. The average molecular weight is 193 g/mol. The zero-order valence-electron chi connectivity index (χ0n) is 6.80. The summed E-state index contributed by atoms with van der Waals surface area (Å²) in [7, 11) is 0. The maximum atomic E-state index is 11.4. The quantitative estimate of drug-likeness (QED) is 0.611. The van der Waals surface area contributed by atoms with Gasteiger partial charge in [-0.25, -0.2) is 0 Å². The Morgan fingerprint density at radius 3 is 3.15 bits per heavy atom. The van der Waals surface area contributed by atoms with Gasteiger partial charge in [-0.2, -0.15) is 0 Å². The summed E-state index contributed by atoms with van der Waals surface area (Å²) in [5.74, 6) is 2.65. The smallest absolute Gasteiger partial charge is 0.230 e. The molecular formula is C8H7N3OS. The molecule has 13 heavy (non-hydrogen) atoms. The number of carbonyl (C=O) groups is 1. The molecule has 1 aliphatic heterocycles. The Labute approximate surface area is 79.6 Å². The van der Waals surface area contributed by atoms with Gasteiger partial charge in [-0.05, 0) is 0 Å². The van der Waals surface area contributed by atoms with E-state index in [4.69, 9.17) is 6.42 Å². The average Bonchev–Trinajstić information content (AvgIpc) is 2.72. The van der Waals surface area contributed by atoms with Crippen LogP contribution < -0.4 is 4.90 Å². The number of hydrogen-bond donors (Lipinski definition) is 0. The second kappa shape index (κ2) is 3.15. The van der Waals surface area contributed by atoms with Crippen molar-refractivity contribution in [2.24, 2.45) is 5.92 Å². The standard InChI is InChI=1S/C8H7N3OS/c1-2-6-3-7(12)11(4-6)8-10-9-5-13-8/h1,5-6H,3-4H2. The molecule has 4 nitrogen and oxygen atoms in total. The molecule has 1 aromatic heterocycles. The van der Waals surface area contributed by atoms with Gasteiger partial charge in [0.2, 0.25) is 11.0 Å². The molecule has 0 spiro atoms. The van der Waals surface area contributed by atoms with Crippen molar-refractivity contribution in [3.05, 3.63) is 5.51 Å². The van der Waals surface area contributed by atoms with Crippen molar-refractivity contribution in [2.45, 2.75) is 6.42 Å². The second-order valence-electron chi connectivity index (χ2n) is 2.79. The Hall–Kier alpha value is -1.41. The Morgan fingerprint density at radius 1 is 1.77 bits per heavy atom. The number of nitrogens with zero attached hydrogens (tertiary/aromatic N) is 3. The van der Waals surface area contributed by atoms with Crippen molar-refractivity contribution in [1.82, 2.24) is 10.2 Å². The van der Waals surface area contributed by atoms with Crippen LogP contribution in [0.2, 0.25) is 0 Å². The summed E-state index contributed by atoms with van der Waals surface area (Å²) in [4.78, 5) is 13.0. The molecule has 0 N–H and O–H groups in total. The van der Waals surface area contributed by atoms with Gasteiger partial charge < -0.3 is 0 Å². The minimum atomic E-state index is 0.0244. The maximum Gasteiger partial charge on any atom is 0.230 e. The molecule has 2 rings (SSSR count). The molecule has 1 saturated heterocycles. The first-order chi connectivity index (χ1) is 6.31. The molecule has 1 atom stereocenters. The van der Waals surface area contributed by atoms with E-state index in [1.807, 2.05) is 0 Å². The maximum absolute atomic E-state index is 11.4. The summed E-state index contributed by atoms with van der Waals surface area (Å²) >= 11 is 1.35. The van der Waals surface area contributed by atoms with E-state index >= 15 is 0 Å². The molecule has 0 aliphatic carbocycles. The number of terminal acetylenes is 1. The van der Waals surface area contributed by atoms with Crippen LogP contribution in [0.3, 0.4) is 0 Å². The molecule has 1 amide bonds. The van der Waals surface area contributed by atoms with Gasteiger partial charge in [-0.15, -0.1) is 22.5 Å². The van der Waals surface area contributed by atoms with Crippen LogP contribution in [0.25, 0.3) is 0 Å². The number of amides is 1. The minimum absolute atomic E-state index is 0.0244. The highest BCUT2D eigenvalue weighted by Gasteiger charge is 2.30. The lowest BCUT2D eigenvalue weighted by Gasteiger charge is -2.09. The molecule has 0 bridgehead atoms. The van der Waals surface area contributed by atoms with Crippen LogP contribution in [-0.2, 0) is 4.79 Å². The van der Waals surface area contributed by atoms with Gasteiger partial charge in [0.1, 0.15) is 5.51 Å². The summed E-state index contributed by atoms with van der Waals surface area (Å²) in [6.45, 7) is 0.574. The van der Waals surface area contributed by atoms with Gasteiger partial charge in [-0.1, -0.05) is 11.3 Å². The van der Waals surface area contributed by atoms with Crippen LogP contribution in [0.4, 0.5) is 5.13 Å². The first-order valence-electron chi connectivity index (χ1n) is 3.84. The fourth-order valence-electron chi connectivity index (χ4n) is 1.29. The van der Waals surface area contributed by atoms with E-state index in [0.29, 0.717) is 18.1 Å². The van der Waals surface area contributed by atoms with Crippen LogP contribution in [0.1, 0.15) is 6.42 Å². The summed E-state index contributed by atoms with van der Waals surface area (Å²) in [6, 6.07) is 0. The predicted molar refractivity (Wildman–Crippen MR) is 49.2 cm³/mol. The molecular weight excluding hydrogens is 186 g/mol. The Balaban J connectivity index is 2.19. The monoisotopic (exact) mass is 193 g/mol. The van der Waals surface area contributed by atoms with Crippen molar-refractivity contribution >= 4 is 22.4 Å². The lowest BCUT2D eigenvalue weighted by molar-refractivity contribution is -0.117. The van der Waals surface area contributed by atoms with Crippen LogP contribution in [0.15, 0.2) is 5.51 Å².